The van der Waals surface area contributed by atoms with Crippen molar-refractivity contribution in [2.75, 3.05) is 13.6 Å². The molecule has 0 fully saturated rings. The van der Waals surface area contributed by atoms with Crippen LogP contribution in [0.25, 0.3) is 0 Å². The first-order chi connectivity index (χ1) is 4.09. The van der Waals surface area contributed by atoms with Crippen molar-refractivity contribution in [3.63, 3.8) is 0 Å². The SMILES string of the molecule is CCN(C)C(=O)C(C)N. The monoisotopic (exact) mass is 130 g/mol. The molecule has 3 nitrogen and oxygen atoms in total. The van der Waals surface area contributed by atoms with E-state index in [2.05, 4.69) is 0 Å². The Morgan fingerprint density at radius 1 is 1.78 bits per heavy atom. The van der Waals surface area contributed by atoms with Crippen LogP contribution in [0.4, 0.5) is 0 Å². The predicted molar refractivity (Wildman–Crippen MR) is 37.0 cm³/mol. The zero-order valence-electron chi connectivity index (χ0n) is 6.22. The first-order valence-electron chi connectivity index (χ1n) is 3.10. The molecule has 9 heavy (non-hydrogen) atoms. The molecule has 0 aromatic rings. The molecule has 0 saturated heterocycles. The Kier molecular flexibility index (Phi) is 3.24. The smallest absolute Gasteiger partial charge is 0.238 e. The minimum atomic E-state index is -0.366. The molecule has 0 saturated carbocycles. The minimum absolute atomic E-state index is 0.00231. The minimum Gasteiger partial charge on any atom is -0.345 e. The van der Waals surface area contributed by atoms with Crippen molar-refractivity contribution >= 4 is 5.91 Å². The molecule has 54 valence electrons. The van der Waals surface area contributed by atoms with E-state index in [9.17, 15) is 4.79 Å². The van der Waals surface area contributed by atoms with Gasteiger partial charge < -0.3 is 10.6 Å². The quantitative estimate of drug-likeness (QED) is 0.563. The molecule has 0 spiro atoms. The second kappa shape index (κ2) is 3.45. The van der Waals surface area contributed by atoms with Crippen LogP contribution in [0.2, 0.25) is 0 Å². The Bertz CT molecular complexity index is 101. The van der Waals surface area contributed by atoms with Crippen molar-refractivity contribution in [3.05, 3.63) is 0 Å². The molecule has 0 aromatic heterocycles. The summed E-state index contributed by atoms with van der Waals surface area (Å²) in [5, 5.41) is 0. The van der Waals surface area contributed by atoms with Gasteiger partial charge in [0.25, 0.3) is 0 Å². The molecule has 1 atom stereocenters. The molecule has 0 aliphatic rings. The van der Waals surface area contributed by atoms with Gasteiger partial charge in [-0.1, -0.05) is 0 Å². The predicted octanol–water partition coefficient (Wildman–Crippen LogP) is -0.188. The number of carbonyl (C=O) groups excluding carboxylic acids is 1. The summed E-state index contributed by atoms with van der Waals surface area (Å²) in [6, 6.07) is -0.366. The molecule has 0 heterocycles. The van der Waals surface area contributed by atoms with Gasteiger partial charge in [0.05, 0.1) is 6.04 Å². The Labute approximate surface area is 55.8 Å². The van der Waals surface area contributed by atoms with Crippen LogP contribution in [-0.4, -0.2) is 30.4 Å². The highest BCUT2D eigenvalue weighted by Crippen LogP contribution is 1.86. The normalized spacial score (nSPS) is 12.9. The second-order valence-electron chi connectivity index (χ2n) is 2.14. The van der Waals surface area contributed by atoms with Crippen LogP contribution in [-0.2, 0) is 4.79 Å². The van der Waals surface area contributed by atoms with E-state index in [-0.39, 0.29) is 11.9 Å². The van der Waals surface area contributed by atoms with Crippen molar-refractivity contribution in [2.24, 2.45) is 5.73 Å². The van der Waals surface area contributed by atoms with Crippen molar-refractivity contribution < 1.29 is 4.79 Å². The molecular weight excluding hydrogens is 116 g/mol. The van der Waals surface area contributed by atoms with Crippen LogP contribution in [0.15, 0.2) is 0 Å². The van der Waals surface area contributed by atoms with Crippen LogP contribution in [0, 0.1) is 0 Å². The van der Waals surface area contributed by atoms with Gasteiger partial charge in [-0.15, -0.1) is 0 Å². The number of likely N-dealkylation sites (N-methyl/N-ethyl adjacent to an activating group) is 1. The first kappa shape index (κ1) is 8.43. The van der Waals surface area contributed by atoms with Crippen LogP contribution >= 0.6 is 0 Å². The average molecular weight is 130 g/mol. The molecule has 0 aliphatic carbocycles. The van der Waals surface area contributed by atoms with E-state index in [1.54, 1.807) is 18.9 Å². The summed E-state index contributed by atoms with van der Waals surface area (Å²) in [7, 11) is 1.74. The number of nitrogens with zero attached hydrogens (tertiary/aromatic N) is 1. The maximum atomic E-state index is 10.9. The molecule has 1 unspecified atom stereocenters. The maximum Gasteiger partial charge on any atom is 0.238 e. The van der Waals surface area contributed by atoms with Gasteiger partial charge in [-0.05, 0) is 13.8 Å². The van der Waals surface area contributed by atoms with Gasteiger partial charge in [-0.2, -0.15) is 0 Å². The lowest BCUT2D eigenvalue weighted by Crippen LogP contribution is -2.39. The highest BCUT2D eigenvalue weighted by molar-refractivity contribution is 5.80. The van der Waals surface area contributed by atoms with Crippen molar-refractivity contribution in [1.29, 1.82) is 0 Å². The van der Waals surface area contributed by atoms with E-state index in [1.807, 2.05) is 6.92 Å². The van der Waals surface area contributed by atoms with Gasteiger partial charge in [0.15, 0.2) is 0 Å². The summed E-state index contributed by atoms with van der Waals surface area (Å²) < 4.78 is 0. The van der Waals surface area contributed by atoms with Gasteiger partial charge in [-0.25, -0.2) is 0 Å². The third-order valence-corrected chi connectivity index (χ3v) is 1.24. The topological polar surface area (TPSA) is 46.3 Å². The van der Waals surface area contributed by atoms with E-state index in [4.69, 9.17) is 5.73 Å². The number of nitrogens with two attached hydrogens (primary N) is 1. The van der Waals surface area contributed by atoms with E-state index >= 15 is 0 Å². The Morgan fingerprint density at radius 3 is 2.33 bits per heavy atom. The highest BCUT2D eigenvalue weighted by atomic mass is 16.2. The largest absolute Gasteiger partial charge is 0.345 e. The number of carbonyl (C=O) groups is 1. The molecule has 0 aromatic carbocycles. The lowest BCUT2D eigenvalue weighted by Gasteiger charge is -2.16. The maximum absolute atomic E-state index is 10.9. The third kappa shape index (κ3) is 2.46. The average Bonchev–Trinajstić information content (AvgIpc) is 1.84. The first-order valence-corrected chi connectivity index (χ1v) is 3.10. The number of hydrogen-bond donors (Lipinski definition) is 1. The van der Waals surface area contributed by atoms with E-state index in [0.717, 1.165) is 6.54 Å². The van der Waals surface area contributed by atoms with Gasteiger partial charge in [-0.3, -0.25) is 4.79 Å². The lowest BCUT2D eigenvalue weighted by atomic mass is 10.3. The standard InChI is InChI=1S/C6H14N2O/c1-4-8(3)6(9)5(2)7/h5H,4,7H2,1-3H3. The zero-order chi connectivity index (χ0) is 7.44. The summed E-state index contributed by atoms with van der Waals surface area (Å²) in [6.45, 7) is 4.33. The summed E-state index contributed by atoms with van der Waals surface area (Å²) in [4.78, 5) is 12.5. The van der Waals surface area contributed by atoms with E-state index in [1.165, 1.54) is 0 Å². The van der Waals surface area contributed by atoms with Crippen LogP contribution in [0.3, 0.4) is 0 Å². The lowest BCUT2D eigenvalue weighted by molar-refractivity contribution is -0.130. The van der Waals surface area contributed by atoms with Gasteiger partial charge in [0.1, 0.15) is 0 Å². The molecule has 0 bridgehead atoms. The molecule has 3 heteroatoms. The van der Waals surface area contributed by atoms with Crippen molar-refractivity contribution in [1.82, 2.24) is 4.90 Å². The number of rotatable bonds is 2. The van der Waals surface area contributed by atoms with Crippen LogP contribution in [0.5, 0.6) is 0 Å². The Morgan fingerprint density at radius 2 is 2.22 bits per heavy atom. The number of amides is 1. The molecule has 0 radical (unpaired) electrons. The summed E-state index contributed by atoms with van der Waals surface area (Å²) >= 11 is 0. The van der Waals surface area contributed by atoms with Crippen LogP contribution in [0.1, 0.15) is 13.8 Å². The summed E-state index contributed by atoms with van der Waals surface area (Å²) in [5.74, 6) is -0.00231. The van der Waals surface area contributed by atoms with E-state index < -0.39 is 0 Å². The Balaban J connectivity index is 3.73. The fraction of sp³-hybridized carbons (Fsp3) is 0.833. The van der Waals surface area contributed by atoms with Crippen molar-refractivity contribution in [2.45, 2.75) is 19.9 Å². The zero-order valence-corrected chi connectivity index (χ0v) is 6.22. The van der Waals surface area contributed by atoms with E-state index in [0.29, 0.717) is 0 Å². The molecule has 0 rings (SSSR count). The summed E-state index contributed by atoms with van der Waals surface area (Å²) in [6.07, 6.45) is 0. The van der Waals surface area contributed by atoms with Crippen LogP contribution < -0.4 is 5.73 Å². The van der Waals surface area contributed by atoms with Gasteiger partial charge in [0.2, 0.25) is 5.91 Å². The highest BCUT2D eigenvalue weighted by Gasteiger charge is 2.09. The molecule has 2 N–H and O–H groups in total. The Hall–Kier alpha value is -0.570. The molecular formula is C6H14N2O. The number of hydrogen-bond acceptors (Lipinski definition) is 2. The third-order valence-electron chi connectivity index (χ3n) is 1.24. The van der Waals surface area contributed by atoms with Gasteiger partial charge >= 0.3 is 0 Å². The summed E-state index contributed by atoms with van der Waals surface area (Å²) in [5.41, 5.74) is 5.32. The molecule has 1 amide bonds. The van der Waals surface area contributed by atoms with Gasteiger partial charge in [0, 0.05) is 13.6 Å². The van der Waals surface area contributed by atoms with Crippen molar-refractivity contribution in [3.8, 4) is 0 Å². The molecule has 0 aliphatic heterocycles. The fourth-order valence-corrected chi connectivity index (χ4v) is 0.503. The second-order valence-corrected chi connectivity index (χ2v) is 2.14. The fourth-order valence-electron chi connectivity index (χ4n) is 0.503.